The van der Waals surface area contributed by atoms with Crippen molar-refractivity contribution in [2.45, 2.75) is 51.1 Å². The van der Waals surface area contributed by atoms with Crippen LogP contribution < -0.4 is 0 Å². The number of benzene rings is 2. The molecule has 0 aromatic heterocycles. The fraction of sp³-hybridized carbons (Fsp3) is 0.400. The van der Waals surface area contributed by atoms with E-state index in [2.05, 4.69) is 9.78 Å². The molecule has 0 aliphatic heterocycles. The lowest BCUT2D eigenvalue weighted by atomic mass is 10.0. The van der Waals surface area contributed by atoms with Crippen molar-refractivity contribution in [3.63, 3.8) is 0 Å². The lowest BCUT2D eigenvalue weighted by molar-refractivity contribution is -0.566. The van der Waals surface area contributed by atoms with Gasteiger partial charge in [-0.2, -0.15) is 9.78 Å². The highest BCUT2D eigenvalue weighted by atomic mass is 17.3. The first-order valence-corrected chi connectivity index (χ1v) is 8.86. The van der Waals surface area contributed by atoms with Crippen LogP contribution in [-0.4, -0.2) is 32.3 Å². The number of phenols is 2. The van der Waals surface area contributed by atoms with Gasteiger partial charge in [-0.15, -0.1) is 0 Å². The summed E-state index contributed by atoms with van der Waals surface area (Å²) in [6.07, 6.45) is 0.952. The van der Waals surface area contributed by atoms with E-state index in [-0.39, 0.29) is 24.3 Å². The van der Waals surface area contributed by atoms with Crippen molar-refractivity contribution in [1.82, 2.24) is 0 Å². The smallest absolute Gasteiger partial charge is 0.231 e. The van der Waals surface area contributed by atoms with Gasteiger partial charge in [-0.1, -0.05) is 36.4 Å². The molecular weight excluding hydrogens is 368 g/mol. The van der Waals surface area contributed by atoms with Crippen LogP contribution in [0.3, 0.4) is 0 Å². The fourth-order valence-corrected chi connectivity index (χ4v) is 2.55. The quantitative estimate of drug-likeness (QED) is 0.256. The number of hydrogen-bond donors (Lipinski definition) is 4. The van der Waals surface area contributed by atoms with Crippen LogP contribution in [0.25, 0.3) is 0 Å². The third-order valence-electron chi connectivity index (χ3n) is 4.46. The van der Waals surface area contributed by atoms with Crippen LogP contribution in [0.2, 0.25) is 0 Å². The van der Waals surface area contributed by atoms with Crippen molar-refractivity contribution in [3.05, 3.63) is 59.7 Å². The van der Waals surface area contributed by atoms with E-state index in [9.17, 15) is 20.7 Å². The zero-order chi connectivity index (χ0) is 20.6. The van der Waals surface area contributed by atoms with Crippen LogP contribution in [0.1, 0.15) is 37.8 Å². The third kappa shape index (κ3) is 6.16. The molecule has 154 valence electrons. The molecule has 0 amide bonds. The summed E-state index contributed by atoms with van der Waals surface area (Å²) < 4.78 is 0. The highest BCUT2D eigenvalue weighted by Crippen LogP contribution is 2.29. The minimum atomic E-state index is -1.57. The highest BCUT2D eigenvalue weighted by Gasteiger charge is 2.35. The second-order valence-corrected chi connectivity index (χ2v) is 6.87. The minimum Gasteiger partial charge on any atom is -0.508 e. The van der Waals surface area contributed by atoms with Gasteiger partial charge in [0.05, 0.1) is 0 Å². The van der Waals surface area contributed by atoms with Crippen molar-refractivity contribution in [1.29, 1.82) is 0 Å². The van der Waals surface area contributed by atoms with Crippen molar-refractivity contribution < 1.29 is 40.3 Å². The maximum absolute atomic E-state index is 9.83. The van der Waals surface area contributed by atoms with Crippen LogP contribution in [0.15, 0.2) is 48.5 Å². The van der Waals surface area contributed by atoms with Gasteiger partial charge in [0.15, 0.2) is 0 Å². The van der Waals surface area contributed by atoms with Crippen LogP contribution in [-0.2, 0) is 32.4 Å². The van der Waals surface area contributed by atoms with Crippen molar-refractivity contribution in [2.75, 3.05) is 0 Å². The van der Waals surface area contributed by atoms with E-state index in [0.717, 1.165) is 0 Å². The van der Waals surface area contributed by atoms with Gasteiger partial charge >= 0.3 is 0 Å². The summed E-state index contributed by atoms with van der Waals surface area (Å²) in [7, 11) is 0. The van der Waals surface area contributed by atoms with Crippen molar-refractivity contribution >= 4 is 0 Å². The Hall–Kier alpha value is -2.20. The van der Waals surface area contributed by atoms with E-state index in [1.165, 1.54) is 13.8 Å². The third-order valence-corrected chi connectivity index (χ3v) is 4.46. The molecule has 0 fully saturated rings. The average Bonchev–Trinajstić information content (AvgIpc) is 2.71. The zero-order valence-corrected chi connectivity index (χ0v) is 15.9. The van der Waals surface area contributed by atoms with Gasteiger partial charge in [0.1, 0.15) is 11.5 Å². The molecule has 0 saturated heterocycles. The Balaban J connectivity index is 1.94. The standard InChI is InChI=1S/C20H26O8/c1-19(25-23,13-11-15-7-3-5-9-17(15)21)27-28-20(2,26-24)14-12-16-8-4-6-10-18(16)22/h3-10,21-24H,11-14H2,1-2H3. The van der Waals surface area contributed by atoms with E-state index < -0.39 is 11.6 Å². The number of aryl methyl sites for hydroxylation is 2. The molecule has 8 heteroatoms. The summed E-state index contributed by atoms with van der Waals surface area (Å²) in [5.74, 6) is -2.90. The molecule has 2 aromatic rings. The lowest BCUT2D eigenvalue weighted by Gasteiger charge is -2.31. The lowest BCUT2D eigenvalue weighted by Crippen LogP contribution is -2.39. The second-order valence-electron chi connectivity index (χ2n) is 6.87. The largest absolute Gasteiger partial charge is 0.508 e. The molecular formula is C20H26O8. The maximum Gasteiger partial charge on any atom is 0.231 e. The fourth-order valence-electron chi connectivity index (χ4n) is 2.55. The minimum absolute atomic E-state index is 0.120. The number of hydrogen-bond acceptors (Lipinski definition) is 8. The molecule has 0 heterocycles. The van der Waals surface area contributed by atoms with Gasteiger partial charge in [0.2, 0.25) is 11.6 Å². The summed E-state index contributed by atoms with van der Waals surface area (Å²) in [6, 6.07) is 13.5. The van der Waals surface area contributed by atoms with Crippen LogP contribution in [0.5, 0.6) is 11.5 Å². The Bertz CT molecular complexity index is 689. The molecule has 2 unspecified atom stereocenters. The number of para-hydroxylation sites is 2. The normalized spacial score (nSPS) is 15.7. The number of aromatic hydroxyl groups is 2. The summed E-state index contributed by atoms with van der Waals surface area (Å²) in [5.41, 5.74) is 1.30. The second kappa shape index (κ2) is 9.83. The molecule has 0 aliphatic carbocycles. The molecule has 0 saturated carbocycles. The SMILES string of the molecule is CC(CCc1ccccc1O)(OO)OOC(C)(CCc1ccccc1O)OO. The topological polar surface area (TPSA) is 118 Å². The van der Waals surface area contributed by atoms with E-state index >= 15 is 0 Å². The molecule has 2 aromatic carbocycles. The monoisotopic (exact) mass is 394 g/mol. The molecule has 28 heavy (non-hydrogen) atoms. The first-order chi connectivity index (χ1) is 13.3. The predicted molar refractivity (Wildman–Crippen MR) is 99.3 cm³/mol. The van der Waals surface area contributed by atoms with Crippen LogP contribution >= 0.6 is 0 Å². The predicted octanol–water partition coefficient (Wildman–Crippen LogP) is 4.02. The van der Waals surface area contributed by atoms with Gasteiger partial charge in [0, 0.05) is 12.8 Å². The Kier molecular flexibility index (Phi) is 7.76. The van der Waals surface area contributed by atoms with Gasteiger partial charge in [0.25, 0.3) is 0 Å². The maximum atomic E-state index is 9.83. The molecule has 4 N–H and O–H groups in total. The van der Waals surface area contributed by atoms with Gasteiger partial charge in [-0.05, 0) is 49.9 Å². The number of phenolic OH excluding ortho intramolecular Hbond substituents is 2. The Morgan fingerprint density at radius 3 is 1.36 bits per heavy atom. The van der Waals surface area contributed by atoms with E-state index in [4.69, 9.17) is 9.78 Å². The van der Waals surface area contributed by atoms with E-state index in [1.54, 1.807) is 48.5 Å². The first-order valence-electron chi connectivity index (χ1n) is 8.86. The summed E-state index contributed by atoms with van der Waals surface area (Å²) >= 11 is 0. The molecule has 0 radical (unpaired) electrons. The average molecular weight is 394 g/mol. The van der Waals surface area contributed by atoms with Gasteiger partial charge in [-0.25, -0.2) is 20.3 Å². The molecule has 8 nitrogen and oxygen atoms in total. The van der Waals surface area contributed by atoms with Crippen molar-refractivity contribution in [2.24, 2.45) is 0 Å². The zero-order valence-electron chi connectivity index (χ0n) is 15.9. The first kappa shape index (κ1) is 22.1. The molecule has 0 spiro atoms. The summed E-state index contributed by atoms with van der Waals surface area (Å²) in [6.45, 7) is 2.88. The molecule has 2 atom stereocenters. The Labute approximate surface area is 163 Å². The summed E-state index contributed by atoms with van der Waals surface area (Å²) in [5, 5.41) is 38.1. The van der Waals surface area contributed by atoms with Crippen LogP contribution in [0, 0.1) is 0 Å². The number of rotatable bonds is 11. The van der Waals surface area contributed by atoms with Gasteiger partial charge in [-0.3, -0.25) is 0 Å². The van der Waals surface area contributed by atoms with E-state index in [1.807, 2.05) is 0 Å². The molecule has 0 aliphatic rings. The Morgan fingerprint density at radius 2 is 1.04 bits per heavy atom. The van der Waals surface area contributed by atoms with Crippen molar-refractivity contribution in [3.8, 4) is 11.5 Å². The molecule has 0 bridgehead atoms. The molecule has 2 rings (SSSR count). The summed E-state index contributed by atoms with van der Waals surface area (Å²) in [4.78, 5) is 19.3. The Morgan fingerprint density at radius 1 is 0.679 bits per heavy atom. The van der Waals surface area contributed by atoms with E-state index in [0.29, 0.717) is 24.0 Å². The highest BCUT2D eigenvalue weighted by molar-refractivity contribution is 5.32. The van der Waals surface area contributed by atoms with Gasteiger partial charge < -0.3 is 10.2 Å². The van der Waals surface area contributed by atoms with Crippen LogP contribution in [0.4, 0.5) is 0 Å².